The van der Waals surface area contributed by atoms with E-state index in [9.17, 15) is 0 Å². The molecule has 1 saturated heterocycles. The van der Waals surface area contributed by atoms with E-state index in [0.717, 1.165) is 16.4 Å². The van der Waals surface area contributed by atoms with Gasteiger partial charge >= 0.3 is 0 Å². The second-order valence-corrected chi connectivity index (χ2v) is 14.9. The van der Waals surface area contributed by atoms with Crippen molar-refractivity contribution in [2.45, 2.75) is 52.9 Å². The lowest BCUT2D eigenvalue weighted by atomic mass is 9.88. The quantitative estimate of drug-likeness (QED) is 0.155. The average Bonchev–Trinajstić information content (AvgIpc) is 3.43. The third-order valence-electron chi connectivity index (χ3n) is 9.14. The van der Waals surface area contributed by atoms with Crippen LogP contribution in [0, 0.1) is 5.92 Å². The summed E-state index contributed by atoms with van der Waals surface area (Å²) in [5.74, 6) is 0.404. The van der Waals surface area contributed by atoms with Crippen molar-refractivity contribution in [2.24, 2.45) is 5.92 Å². The summed E-state index contributed by atoms with van der Waals surface area (Å²) < 4.78 is 20.2. The molecule has 232 valence electrons. The van der Waals surface area contributed by atoms with Crippen molar-refractivity contribution in [2.75, 3.05) is 0 Å². The zero-order chi connectivity index (χ0) is 31.8. The van der Waals surface area contributed by atoms with Gasteiger partial charge in [-0.1, -0.05) is 123 Å². The van der Waals surface area contributed by atoms with Crippen molar-refractivity contribution in [3.8, 4) is 33.4 Å². The van der Waals surface area contributed by atoms with Crippen molar-refractivity contribution in [1.82, 2.24) is 0 Å². The Morgan fingerprint density at radius 3 is 1.65 bits per heavy atom. The summed E-state index contributed by atoms with van der Waals surface area (Å²) in [7, 11) is -1.24. The molecule has 6 aromatic carbocycles. The summed E-state index contributed by atoms with van der Waals surface area (Å²) in [4.78, 5) is 0. The molecule has 0 saturated carbocycles. The van der Waals surface area contributed by atoms with Crippen molar-refractivity contribution in [3.05, 3.63) is 121 Å². The maximum absolute atomic E-state index is 6.76. The van der Waals surface area contributed by atoms with Crippen molar-refractivity contribution >= 4 is 49.3 Å². The zero-order valence-electron chi connectivity index (χ0n) is 27.0. The van der Waals surface area contributed by atoms with E-state index in [0.29, 0.717) is 5.92 Å². The highest BCUT2D eigenvalue weighted by Gasteiger charge is 2.37. The fraction of sp³-hybridized carbons (Fsp3) is 0.220. The molecule has 1 heterocycles. The van der Waals surface area contributed by atoms with E-state index in [-0.39, 0.29) is 27.1 Å². The Labute approximate surface area is 275 Å². The molecule has 5 heteroatoms. The van der Waals surface area contributed by atoms with Crippen LogP contribution in [0.25, 0.3) is 54.9 Å². The lowest BCUT2D eigenvalue weighted by molar-refractivity contribution is 0.187. The maximum Gasteiger partial charge on any atom is 0.207 e. The maximum atomic E-state index is 6.76. The Balaban J connectivity index is 1.65. The summed E-state index contributed by atoms with van der Waals surface area (Å²) in [6.07, 6.45) is 0.108. The van der Waals surface area contributed by atoms with Gasteiger partial charge in [0.1, 0.15) is 0 Å². The second-order valence-electron chi connectivity index (χ2n) is 12.5. The number of hydrogen-bond acceptors (Lipinski definition) is 3. The standard InChI is InChI=1S/C41H40O3P2/c1-26(2)27(3)42-45-40-36(30-16-8-6-9-17-30)24-32-20-12-14-22-34(32)38(40)39-35-23-15-13-21-33(35)25-37(31-18-10-7-11-19-31)41(39)46-43-28(4)29(5)44-46/h6-29,45H,1-5H3/t27-,28-,29-/m0/s1. The van der Waals surface area contributed by atoms with Crippen molar-refractivity contribution in [3.63, 3.8) is 0 Å². The largest absolute Gasteiger partial charge is 0.354 e. The van der Waals surface area contributed by atoms with E-state index < -0.39 is 8.38 Å². The van der Waals surface area contributed by atoms with Gasteiger partial charge in [-0.15, -0.1) is 0 Å². The van der Waals surface area contributed by atoms with Gasteiger partial charge < -0.3 is 13.6 Å². The van der Waals surface area contributed by atoms with Crippen LogP contribution in [0.3, 0.4) is 0 Å². The lowest BCUT2D eigenvalue weighted by Gasteiger charge is -2.26. The molecule has 46 heavy (non-hydrogen) atoms. The van der Waals surface area contributed by atoms with Crippen LogP contribution in [0.5, 0.6) is 0 Å². The van der Waals surface area contributed by atoms with Crippen LogP contribution in [-0.2, 0) is 13.6 Å². The summed E-state index contributed by atoms with van der Waals surface area (Å²) in [6, 6.07) is 43.7. The summed E-state index contributed by atoms with van der Waals surface area (Å²) in [5.41, 5.74) is 7.08. The van der Waals surface area contributed by atoms with Crippen LogP contribution in [0.2, 0.25) is 0 Å². The van der Waals surface area contributed by atoms with E-state index in [2.05, 4.69) is 156 Å². The van der Waals surface area contributed by atoms with Crippen LogP contribution in [0.15, 0.2) is 121 Å². The highest BCUT2D eigenvalue weighted by atomic mass is 31.2. The molecular formula is C41H40O3P2. The van der Waals surface area contributed by atoms with Gasteiger partial charge in [0.25, 0.3) is 0 Å². The predicted molar refractivity (Wildman–Crippen MR) is 199 cm³/mol. The Bertz CT molecular complexity index is 1980. The van der Waals surface area contributed by atoms with Gasteiger partial charge in [-0.2, -0.15) is 0 Å². The van der Waals surface area contributed by atoms with E-state index in [1.807, 2.05) is 0 Å². The van der Waals surface area contributed by atoms with E-state index >= 15 is 0 Å². The predicted octanol–water partition coefficient (Wildman–Crippen LogP) is 11.0. The Morgan fingerprint density at radius 1 is 0.609 bits per heavy atom. The minimum atomic E-state index is -1.38. The number of rotatable bonds is 8. The SMILES string of the molecule is CC(C)[C@H](C)OPc1c(-c2ccccc2)cc2ccccc2c1-c1c(P2O[C@@H](C)[C@H](C)O2)c(-c2ccccc2)cc2ccccc12. The highest BCUT2D eigenvalue weighted by Crippen LogP contribution is 2.54. The topological polar surface area (TPSA) is 27.7 Å². The Kier molecular flexibility index (Phi) is 9.06. The summed E-state index contributed by atoms with van der Waals surface area (Å²) in [6.45, 7) is 10.9. The monoisotopic (exact) mass is 642 g/mol. The molecule has 0 aromatic heterocycles. The van der Waals surface area contributed by atoms with Gasteiger partial charge in [0, 0.05) is 30.5 Å². The number of hydrogen-bond donors (Lipinski definition) is 0. The normalized spacial score (nSPS) is 18.0. The third-order valence-corrected chi connectivity index (χ3v) is 12.2. The first kappa shape index (κ1) is 31.2. The summed E-state index contributed by atoms with van der Waals surface area (Å²) >= 11 is 0. The minimum absolute atomic E-state index is 0.00183. The smallest absolute Gasteiger partial charge is 0.207 e. The fourth-order valence-corrected chi connectivity index (χ4v) is 9.34. The molecule has 7 rings (SSSR count). The zero-order valence-corrected chi connectivity index (χ0v) is 28.9. The molecule has 0 N–H and O–H groups in total. The summed E-state index contributed by atoms with van der Waals surface area (Å²) in [5, 5.41) is 7.13. The van der Waals surface area contributed by atoms with Gasteiger partial charge in [0.15, 0.2) is 0 Å². The van der Waals surface area contributed by atoms with E-state index in [4.69, 9.17) is 13.6 Å². The Morgan fingerprint density at radius 2 is 1.09 bits per heavy atom. The van der Waals surface area contributed by atoms with Gasteiger partial charge in [-0.05, 0) is 82.6 Å². The van der Waals surface area contributed by atoms with Crippen LogP contribution in [0.1, 0.15) is 34.6 Å². The average molecular weight is 643 g/mol. The van der Waals surface area contributed by atoms with Crippen molar-refractivity contribution in [1.29, 1.82) is 0 Å². The molecule has 1 fully saturated rings. The lowest BCUT2D eigenvalue weighted by Crippen LogP contribution is -2.18. The molecule has 0 amide bonds. The first-order valence-electron chi connectivity index (χ1n) is 16.2. The van der Waals surface area contributed by atoms with Gasteiger partial charge in [0.2, 0.25) is 8.38 Å². The number of benzene rings is 6. The van der Waals surface area contributed by atoms with Gasteiger partial charge in [-0.3, -0.25) is 0 Å². The molecule has 6 aromatic rings. The molecule has 3 nitrogen and oxygen atoms in total. The molecule has 0 radical (unpaired) electrons. The molecule has 0 spiro atoms. The molecule has 0 aliphatic carbocycles. The van der Waals surface area contributed by atoms with Crippen LogP contribution >= 0.6 is 17.2 Å². The first-order chi connectivity index (χ1) is 22.4. The third kappa shape index (κ3) is 5.93. The molecule has 4 atom stereocenters. The molecule has 1 aliphatic rings. The number of fused-ring (bicyclic) bond motifs is 2. The van der Waals surface area contributed by atoms with Crippen LogP contribution < -0.4 is 10.6 Å². The van der Waals surface area contributed by atoms with E-state index in [1.165, 1.54) is 49.1 Å². The molecular weight excluding hydrogens is 602 g/mol. The van der Waals surface area contributed by atoms with Crippen molar-refractivity contribution < 1.29 is 13.6 Å². The fourth-order valence-electron chi connectivity index (χ4n) is 6.07. The van der Waals surface area contributed by atoms with Gasteiger partial charge in [0.05, 0.1) is 18.3 Å². The van der Waals surface area contributed by atoms with Gasteiger partial charge in [-0.25, -0.2) is 0 Å². The molecule has 1 unspecified atom stereocenters. The molecule has 1 aliphatic heterocycles. The van der Waals surface area contributed by atoms with Crippen LogP contribution in [0.4, 0.5) is 0 Å². The Hall–Kier alpha value is -3.42. The van der Waals surface area contributed by atoms with Crippen LogP contribution in [-0.4, -0.2) is 18.3 Å². The highest BCUT2D eigenvalue weighted by molar-refractivity contribution is 7.57. The first-order valence-corrected chi connectivity index (χ1v) is 18.3. The van der Waals surface area contributed by atoms with E-state index in [1.54, 1.807) is 0 Å². The molecule has 0 bridgehead atoms. The second kappa shape index (κ2) is 13.4. The minimum Gasteiger partial charge on any atom is -0.354 e.